The monoisotopic (exact) mass is 307 g/mol. The van der Waals surface area contributed by atoms with Gasteiger partial charge < -0.3 is 10.0 Å². The fourth-order valence-corrected chi connectivity index (χ4v) is 3.58. The zero-order chi connectivity index (χ0) is 15.1. The molecular formula is C14H17N3O3S. The molecule has 0 spiro atoms. The van der Waals surface area contributed by atoms with E-state index in [2.05, 4.69) is 5.10 Å². The zero-order valence-electron chi connectivity index (χ0n) is 12.0. The highest BCUT2D eigenvalue weighted by Gasteiger charge is 2.34. The highest BCUT2D eigenvalue weighted by Crippen LogP contribution is 2.32. The minimum atomic E-state index is -0.871. The number of carboxylic acids is 1. The van der Waals surface area contributed by atoms with Crippen LogP contribution in [0, 0.1) is 6.92 Å². The summed E-state index contributed by atoms with van der Waals surface area (Å²) >= 11 is 1.42. The standard InChI is InChI=1S/C14H17N3O3S/c1-8-10-7-11(21-14(10)16(2)15-8)13(20)17(9-3-4-9)6-5-12(18)19/h7,9H,3-6H2,1-2H3,(H,18,19). The van der Waals surface area contributed by atoms with Crippen molar-refractivity contribution in [1.82, 2.24) is 14.7 Å². The number of aryl methyl sites for hydroxylation is 2. The van der Waals surface area contributed by atoms with Crippen molar-refractivity contribution in [3.05, 3.63) is 16.6 Å². The smallest absolute Gasteiger partial charge is 0.305 e. The van der Waals surface area contributed by atoms with Gasteiger partial charge in [-0.05, 0) is 25.8 Å². The van der Waals surface area contributed by atoms with Crippen molar-refractivity contribution < 1.29 is 14.7 Å². The molecule has 2 aromatic rings. The van der Waals surface area contributed by atoms with Crippen LogP contribution in [0.3, 0.4) is 0 Å². The number of nitrogens with zero attached hydrogens (tertiary/aromatic N) is 3. The van der Waals surface area contributed by atoms with Crippen LogP contribution in [0.25, 0.3) is 10.2 Å². The van der Waals surface area contributed by atoms with Crippen LogP contribution in [0.4, 0.5) is 0 Å². The number of carbonyl (C=O) groups is 2. The molecule has 0 saturated heterocycles. The largest absolute Gasteiger partial charge is 0.481 e. The third-order valence-corrected chi connectivity index (χ3v) is 4.91. The summed E-state index contributed by atoms with van der Waals surface area (Å²) in [5, 5.41) is 14.2. The Bertz CT molecular complexity index is 680. The van der Waals surface area contributed by atoms with Gasteiger partial charge in [0.15, 0.2) is 0 Å². The Morgan fingerprint density at radius 1 is 1.52 bits per heavy atom. The van der Waals surface area contributed by atoms with Gasteiger partial charge in [0, 0.05) is 25.0 Å². The number of thiophene rings is 1. The summed E-state index contributed by atoms with van der Waals surface area (Å²) < 4.78 is 1.78. The summed E-state index contributed by atoms with van der Waals surface area (Å²) in [7, 11) is 1.86. The Kier molecular flexibility index (Phi) is 3.44. The van der Waals surface area contributed by atoms with E-state index in [0.717, 1.165) is 28.8 Å². The van der Waals surface area contributed by atoms with Crippen LogP contribution < -0.4 is 0 Å². The minimum absolute atomic E-state index is 0.00623. The molecular weight excluding hydrogens is 290 g/mol. The van der Waals surface area contributed by atoms with E-state index in [4.69, 9.17) is 5.11 Å². The van der Waals surface area contributed by atoms with Crippen molar-refractivity contribution in [1.29, 1.82) is 0 Å². The van der Waals surface area contributed by atoms with E-state index >= 15 is 0 Å². The predicted octanol–water partition coefficient (Wildman–Crippen LogP) is 2.02. The SMILES string of the molecule is Cc1nn(C)c2sc(C(=O)N(CCC(=O)O)C3CC3)cc12. The average molecular weight is 307 g/mol. The number of fused-ring (bicyclic) bond motifs is 1. The molecule has 0 bridgehead atoms. The van der Waals surface area contributed by atoms with Gasteiger partial charge in [-0.3, -0.25) is 14.3 Å². The van der Waals surface area contributed by atoms with Crippen LogP contribution >= 0.6 is 11.3 Å². The van der Waals surface area contributed by atoms with Crippen molar-refractivity contribution in [2.24, 2.45) is 7.05 Å². The van der Waals surface area contributed by atoms with Gasteiger partial charge in [0.05, 0.1) is 17.0 Å². The molecule has 1 saturated carbocycles. The van der Waals surface area contributed by atoms with Crippen molar-refractivity contribution >= 4 is 33.4 Å². The lowest BCUT2D eigenvalue weighted by molar-refractivity contribution is -0.137. The van der Waals surface area contributed by atoms with E-state index in [1.165, 1.54) is 11.3 Å². The van der Waals surface area contributed by atoms with E-state index < -0.39 is 5.97 Å². The highest BCUT2D eigenvalue weighted by atomic mass is 32.1. The first-order chi connectivity index (χ1) is 9.97. The molecule has 2 aromatic heterocycles. The molecule has 1 fully saturated rings. The third-order valence-electron chi connectivity index (χ3n) is 3.72. The van der Waals surface area contributed by atoms with E-state index in [1.54, 1.807) is 9.58 Å². The Morgan fingerprint density at radius 2 is 2.24 bits per heavy atom. The van der Waals surface area contributed by atoms with E-state index in [0.29, 0.717) is 4.88 Å². The van der Waals surface area contributed by atoms with Gasteiger partial charge >= 0.3 is 5.97 Å². The van der Waals surface area contributed by atoms with Gasteiger partial charge in [-0.2, -0.15) is 5.10 Å². The first-order valence-electron chi connectivity index (χ1n) is 6.93. The second-order valence-corrected chi connectivity index (χ2v) is 6.44. The number of hydrogen-bond acceptors (Lipinski definition) is 4. The molecule has 0 radical (unpaired) electrons. The molecule has 7 heteroatoms. The summed E-state index contributed by atoms with van der Waals surface area (Å²) in [5.74, 6) is -0.927. The molecule has 0 aromatic carbocycles. The fraction of sp³-hybridized carbons (Fsp3) is 0.500. The normalized spacial score (nSPS) is 14.6. The number of carbonyl (C=O) groups excluding carboxylic acids is 1. The van der Waals surface area contributed by atoms with Crippen molar-refractivity contribution in [3.8, 4) is 0 Å². The van der Waals surface area contributed by atoms with Crippen LogP contribution in [-0.2, 0) is 11.8 Å². The zero-order valence-corrected chi connectivity index (χ0v) is 12.8. The van der Waals surface area contributed by atoms with Crippen molar-refractivity contribution in [2.45, 2.75) is 32.2 Å². The Hall–Kier alpha value is -1.89. The highest BCUT2D eigenvalue weighted by molar-refractivity contribution is 7.20. The number of amides is 1. The van der Waals surface area contributed by atoms with Gasteiger partial charge in [-0.25, -0.2) is 0 Å². The first-order valence-corrected chi connectivity index (χ1v) is 7.75. The molecule has 0 aliphatic heterocycles. The Balaban J connectivity index is 1.86. The first kappa shape index (κ1) is 14.1. The summed E-state index contributed by atoms with van der Waals surface area (Å²) in [5.41, 5.74) is 0.909. The van der Waals surface area contributed by atoms with Crippen LogP contribution in [0.2, 0.25) is 0 Å². The number of aliphatic carboxylic acids is 1. The molecule has 1 amide bonds. The number of aromatic nitrogens is 2. The van der Waals surface area contributed by atoms with Gasteiger partial charge in [-0.1, -0.05) is 0 Å². The maximum atomic E-state index is 12.6. The molecule has 0 unspecified atom stereocenters. The molecule has 112 valence electrons. The molecule has 6 nitrogen and oxygen atoms in total. The molecule has 1 aliphatic rings. The van der Waals surface area contributed by atoms with Gasteiger partial charge in [0.2, 0.25) is 0 Å². The second kappa shape index (κ2) is 5.14. The number of rotatable bonds is 5. The Labute approximate surface area is 126 Å². The second-order valence-electron chi connectivity index (χ2n) is 5.41. The molecule has 21 heavy (non-hydrogen) atoms. The van der Waals surface area contributed by atoms with Crippen LogP contribution in [0.5, 0.6) is 0 Å². The van der Waals surface area contributed by atoms with Crippen LogP contribution in [0.1, 0.15) is 34.6 Å². The van der Waals surface area contributed by atoms with E-state index in [1.807, 2.05) is 20.0 Å². The molecule has 3 rings (SSSR count). The lowest BCUT2D eigenvalue weighted by Crippen LogP contribution is -2.34. The maximum absolute atomic E-state index is 12.6. The van der Waals surface area contributed by atoms with Crippen LogP contribution in [0.15, 0.2) is 6.07 Å². The summed E-state index contributed by atoms with van der Waals surface area (Å²) in [6.07, 6.45) is 1.93. The summed E-state index contributed by atoms with van der Waals surface area (Å²) in [4.78, 5) is 26.7. The maximum Gasteiger partial charge on any atom is 0.305 e. The van der Waals surface area contributed by atoms with E-state index in [9.17, 15) is 9.59 Å². The molecule has 1 N–H and O–H groups in total. The van der Waals surface area contributed by atoms with Gasteiger partial charge in [0.1, 0.15) is 4.83 Å². The average Bonchev–Trinajstić information content (AvgIpc) is 3.08. The summed E-state index contributed by atoms with van der Waals surface area (Å²) in [6, 6.07) is 2.09. The molecule has 1 aliphatic carbocycles. The fourth-order valence-electron chi connectivity index (χ4n) is 2.50. The van der Waals surface area contributed by atoms with E-state index in [-0.39, 0.29) is 24.9 Å². The molecule has 2 heterocycles. The molecule has 0 atom stereocenters. The topological polar surface area (TPSA) is 75.4 Å². The predicted molar refractivity (Wildman–Crippen MR) is 79.6 cm³/mol. The minimum Gasteiger partial charge on any atom is -0.481 e. The Morgan fingerprint density at radius 3 is 2.81 bits per heavy atom. The lowest BCUT2D eigenvalue weighted by Gasteiger charge is -2.20. The van der Waals surface area contributed by atoms with Crippen molar-refractivity contribution in [3.63, 3.8) is 0 Å². The number of hydrogen-bond donors (Lipinski definition) is 1. The third kappa shape index (κ3) is 2.65. The lowest BCUT2D eigenvalue weighted by atomic mass is 10.2. The van der Waals surface area contributed by atoms with Gasteiger partial charge in [-0.15, -0.1) is 11.3 Å². The summed E-state index contributed by atoms with van der Waals surface area (Å²) in [6.45, 7) is 2.21. The van der Waals surface area contributed by atoms with Gasteiger partial charge in [0.25, 0.3) is 5.91 Å². The van der Waals surface area contributed by atoms with Crippen molar-refractivity contribution in [2.75, 3.05) is 6.54 Å². The number of carboxylic acid groups (broad SMARTS) is 1. The van der Waals surface area contributed by atoms with Crippen LogP contribution in [-0.4, -0.2) is 44.3 Å². The quantitative estimate of drug-likeness (QED) is 0.917.